The smallest absolute Gasteiger partial charge is 0.0575 e. The molecule has 0 N–H and O–H groups in total. The van der Waals surface area contributed by atoms with Gasteiger partial charge in [0.1, 0.15) is 0 Å². The molecule has 2 aliphatic rings. The van der Waals surface area contributed by atoms with E-state index in [1.54, 1.807) is 0 Å². The van der Waals surface area contributed by atoms with Crippen molar-refractivity contribution in [1.82, 2.24) is 0 Å². The van der Waals surface area contributed by atoms with Crippen LogP contribution in [0.25, 0.3) is 0 Å². The molecule has 2 aliphatic carbocycles. The van der Waals surface area contributed by atoms with Crippen LogP contribution in [-0.2, 0) is 4.74 Å². The van der Waals surface area contributed by atoms with E-state index in [9.17, 15) is 0 Å². The number of rotatable bonds is 10. The lowest BCUT2D eigenvalue weighted by Gasteiger charge is -2.29. The third-order valence-corrected chi connectivity index (χ3v) is 6.66. The number of unbranched alkanes of at least 4 members (excludes halogenated alkanes) is 2. The molecule has 23 heavy (non-hydrogen) atoms. The fourth-order valence-corrected chi connectivity index (χ4v) is 4.82. The Morgan fingerprint density at radius 3 is 1.83 bits per heavy atom. The fraction of sp³-hybridized carbons (Fsp3) is 1.00. The lowest BCUT2D eigenvalue weighted by molar-refractivity contribution is 0.0132. The molecule has 0 radical (unpaired) electrons. The molecule has 0 aliphatic heterocycles. The fourth-order valence-electron chi connectivity index (χ4n) is 4.82. The average molecular weight is 323 g/mol. The van der Waals surface area contributed by atoms with Gasteiger partial charge in [0.25, 0.3) is 0 Å². The van der Waals surface area contributed by atoms with E-state index in [1.165, 1.54) is 96.3 Å². The van der Waals surface area contributed by atoms with Gasteiger partial charge < -0.3 is 4.74 Å². The molecule has 0 bridgehead atoms. The van der Waals surface area contributed by atoms with Crippen LogP contribution < -0.4 is 0 Å². The summed E-state index contributed by atoms with van der Waals surface area (Å²) in [7, 11) is 0. The largest absolute Gasteiger partial charge is 0.378 e. The van der Waals surface area contributed by atoms with Crippen LogP contribution in [0, 0.1) is 17.8 Å². The highest BCUT2D eigenvalue weighted by atomic mass is 16.5. The van der Waals surface area contributed by atoms with Crippen molar-refractivity contribution in [1.29, 1.82) is 0 Å². The van der Waals surface area contributed by atoms with Crippen molar-refractivity contribution in [3.05, 3.63) is 0 Å². The Morgan fingerprint density at radius 1 is 0.652 bits per heavy atom. The molecule has 1 nitrogen and oxygen atoms in total. The van der Waals surface area contributed by atoms with Crippen molar-refractivity contribution in [2.75, 3.05) is 6.61 Å². The van der Waals surface area contributed by atoms with E-state index in [0.29, 0.717) is 6.10 Å². The van der Waals surface area contributed by atoms with E-state index in [1.807, 2.05) is 0 Å². The van der Waals surface area contributed by atoms with Gasteiger partial charge in [-0.1, -0.05) is 71.6 Å². The topological polar surface area (TPSA) is 9.23 Å². The van der Waals surface area contributed by atoms with E-state index in [2.05, 4.69) is 13.8 Å². The Labute approximate surface area is 146 Å². The third-order valence-electron chi connectivity index (χ3n) is 6.66. The summed E-state index contributed by atoms with van der Waals surface area (Å²) in [5.74, 6) is 3.06. The van der Waals surface area contributed by atoms with Crippen molar-refractivity contribution in [3.63, 3.8) is 0 Å². The molecule has 0 heterocycles. The zero-order chi connectivity index (χ0) is 16.3. The molecule has 2 saturated carbocycles. The minimum absolute atomic E-state index is 0.591. The SMILES string of the molecule is CCCCCC1CCC(OCCCC2CCC(CC)CC2)CC1. The van der Waals surface area contributed by atoms with E-state index in [-0.39, 0.29) is 0 Å². The zero-order valence-corrected chi connectivity index (χ0v) is 16.0. The van der Waals surface area contributed by atoms with Gasteiger partial charge in [0.2, 0.25) is 0 Å². The first kappa shape index (κ1) is 19.3. The first-order chi connectivity index (χ1) is 11.3. The van der Waals surface area contributed by atoms with Crippen LogP contribution in [0.4, 0.5) is 0 Å². The van der Waals surface area contributed by atoms with Gasteiger partial charge in [-0.15, -0.1) is 0 Å². The minimum atomic E-state index is 0.591. The Hall–Kier alpha value is -0.0400. The molecular formula is C22H42O. The highest BCUT2D eigenvalue weighted by Crippen LogP contribution is 2.33. The molecule has 0 spiro atoms. The van der Waals surface area contributed by atoms with Gasteiger partial charge in [0, 0.05) is 6.61 Å². The van der Waals surface area contributed by atoms with Crippen LogP contribution >= 0.6 is 0 Å². The first-order valence-electron chi connectivity index (χ1n) is 10.9. The summed E-state index contributed by atoms with van der Waals surface area (Å²) in [4.78, 5) is 0. The second-order valence-electron chi connectivity index (χ2n) is 8.45. The molecule has 0 aromatic heterocycles. The predicted molar refractivity (Wildman–Crippen MR) is 101 cm³/mol. The Balaban J connectivity index is 1.45. The summed E-state index contributed by atoms with van der Waals surface area (Å²) in [6.07, 6.45) is 21.9. The molecule has 0 aromatic carbocycles. The Kier molecular flexibility index (Phi) is 9.65. The number of hydrogen-bond donors (Lipinski definition) is 0. The molecular weight excluding hydrogens is 280 g/mol. The van der Waals surface area contributed by atoms with Crippen molar-refractivity contribution in [2.24, 2.45) is 17.8 Å². The maximum absolute atomic E-state index is 6.19. The van der Waals surface area contributed by atoms with E-state index < -0.39 is 0 Å². The lowest BCUT2D eigenvalue weighted by atomic mass is 9.79. The van der Waals surface area contributed by atoms with Gasteiger partial charge in [0.15, 0.2) is 0 Å². The second-order valence-corrected chi connectivity index (χ2v) is 8.45. The summed E-state index contributed by atoms with van der Waals surface area (Å²) in [5.41, 5.74) is 0. The molecule has 0 unspecified atom stereocenters. The molecule has 1 heteroatoms. The highest BCUT2D eigenvalue weighted by molar-refractivity contribution is 4.74. The van der Waals surface area contributed by atoms with Crippen LogP contribution in [0.2, 0.25) is 0 Å². The van der Waals surface area contributed by atoms with Gasteiger partial charge in [-0.2, -0.15) is 0 Å². The lowest BCUT2D eigenvalue weighted by Crippen LogP contribution is -2.22. The van der Waals surface area contributed by atoms with Crippen LogP contribution in [-0.4, -0.2) is 12.7 Å². The second kappa shape index (κ2) is 11.5. The van der Waals surface area contributed by atoms with Crippen molar-refractivity contribution in [3.8, 4) is 0 Å². The maximum Gasteiger partial charge on any atom is 0.0575 e. The molecule has 0 atom stereocenters. The normalized spacial score (nSPS) is 32.1. The van der Waals surface area contributed by atoms with Crippen LogP contribution in [0.3, 0.4) is 0 Å². The summed E-state index contributed by atoms with van der Waals surface area (Å²) >= 11 is 0. The molecule has 2 fully saturated rings. The van der Waals surface area contributed by atoms with Crippen molar-refractivity contribution < 1.29 is 4.74 Å². The van der Waals surface area contributed by atoms with Gasteiger partial charge in [-0.25, -0.2) is 0 Å². The van der Waals surface area contributed by atoms with Gasteiger partial charge in [-0.05, 0) is 56.3 Å². The molecule has 0 aromatic rings. The van der Waals surface area contributed by atoms with Crippen LogP contribution in [0.15, 0.2) is 0 Å². The predicted octanol–water partition coefficient (Wildman–Crippen LogP) is 7.14. The summed E-state index contributed by atoms with van der Waals surface area (Å²) in [6.45, 7) is 5.69. The Morgan fingerprint density at radius 2 is 1.22 bits per heavy atom. The Bertz CT molecular complexity index is 272. The molecule has 2 rings (SSSR count). The highest BCUT2D eigenvalue weighted by Gasteiger charge is 2.22. The third kappa shape index (κ3) is 7.59. The first-order valence-corrected chi connectivity index (χ1v) is 10.9. The van der Waals surface area contributed by atoms with Gasteiger partial charge >= 0.3 is 0 Å². The van der Waals surface area contributed by atoms with Crippen molar-refractivity contribution in [2.45, 2.75) is 116 Å². The van der Waals surface area contributed by atoms with Crippen LogP contribution in [0.5, 0.6) is 0 Å². The average Bonchev–Trinajstić information content (AvgIpc) is 2.61. The molecule has 0 amide bonds. The maximum atomic E-state index is 6.19. The summed E-state index contributed by atoms with van der Waals surface area (Å²) in [5, 5.41) is 0. The number of ether oxygens (including phenoxy) is 1. The van der Waals surface area contributed by atoms with Gasteiger partial charge in [-0.3, -0.25) is 0 Å². The van der Waals surface area contributed by atoms with Crippen molar-refractivity contribution >= 4 is 0 Å². The standard InChI is InChI=1S/C22H42O/c1-3-5-6-8-20-14-16-22(17-15-20)23-18-7-9-21-12-10-19(4-2)11-13-21/h19-22H,3-18H2,1-2H3. The van der Waals surface area contributed by atoms with E-state index >= 15 is 0 Å². The minimum Gasteiger partial charge on any atom is -0.378 e. The van der Waals surface area contributed by atoms with Gasteiger partial charge in [0.05, 0.1) is 6.10 Å². The monoisotopic (exact) mass is 322 g/mol. The zero-order valence-electron chi connectivity index (χ0n) is 16.0. The number of hydrogen-bond acceptors (Lipinski definition) is 1. The van der Waals surface area contributed by atoms with E-state index in [4.69, 9.17) is 4.74 Å². The van der Waals surface area contributed by atoms with E-state index in [0.717, 1.165) is 24.4 Å². The van der Waals surface area contributed by atoms with Crippen LogP contribution in [0.1, 0.15) is 110 Å². The molecule has 0 saturated heterocycles. The quantitative estimate of drug-likeness (QED) is 0.388. The summed E-state index contributed by atoms with van der Waals surface area (Å²) in [6, 6.07) is 0. The molecule has 136 valence electrons. The summed E-state index contributed by atoms with van der Waals surface area (Å²) < 4.78 is 6.19.